The lowest BCUT2D eigenvalue weighted by atomic mass is 10.2. The van der Waals surface area contributed by atoms with Gasteiger partial charge in [-0.2, -0.15) is 11.8 Å². The van der Waals surface area contributed by atoms with Crippen molar-refractivity contribution in [1.82, 2.24) is 10.2 Å². The minimum atomic E-state index is 0.635. The van der Waals surface area contributed by atoms with Crippen molar-refractivity contribution >= 4 is 11.8 Å². The molecule has 1 saturated heterocycles. The van der Waals surface area contributed by atoms with Gasteiger partial charge in [0.05, 0.1) is 0 Å². The van der Waals surface area contributed by atoms with Gasteiger partial charge in [-0.1, -0.05) is 34.1 Å². The number of hydrogen-bond acceptors (Lipinski definition) is 3. The van der Waals surface area contributed by atoms with Gasteiger partial charge in [0.25, 0.3) is 0 Å². The van der Waals surface area contributed by atoms with E-state index in [0.29, 0.717) is 6.04 Å². The molecule has 2 atom stereocenters. The third-order valence-corrected chi connectivity index (χ3v) is 4.43. The highest BCUT2D eigenvalue weighted by molar-refractivity contribution is 8.00. The summed E-state index contributed by atoms with van der Waals surface area (Å²) in [4.78, 5) is 2.65. The second-order valence-electron chi connectivity index (χ2n) is 5.69. The molecule has 1 aliphatic rings. The molecule has 2 nitrogen and oxygen atoms in total. The fourth-order valence-corrected chi connectivity index (χ4v) is 3.88. The van der Waals surface area contributed by atoms with Gasteiger partial charge in [0.2, 0.25) is 0 Å². The van der Waals surface area contributed by atoms with E-state index in [2.05, 4.69) is 49.7 Å². The molecule has 0 aromatic carbocycles. The molecule has 0 amide bonds. The van der Waals surface area contributed by atoms with Gasteiger partial charge >= 0.3 is 0 Å². The molecule has 0 saturated carbocycles. The number of hydrogen-bond donors (Lipinski definition) is 1. The van der Waals surface area contributed by atoms with E-state index < -0.39 is 0 Å². The summed E-state index contributed by atoms with van der Waals surface area (Å²) in [7, 11) is 0. The normalized spacial score (nSPS) is 26.6. The van der Waals surface area contributed by atoms with Gasteiger partial charge in [0.15, 0.2) is 0 Å². The lowest BCUT2D eigenvalue weighted by Crippen LogP contribution is -2.40. The fourth-order valence-electron chi connectivity index (χ4n) is 2.49. The van der Waals surface area contributed by atoms with Crippen molar-refractivity contribution < 1.29 is 0 Å². The van der Waals surface area contributed by atoms with Gasteiger partial charge in [-0.05, 0) is 25.9 Å². The Morgan fingerprint density at radius 3 is 2.35 bits per heavy atom. The summed E-state index contributed by atoms with van der Waals surface area (Å²) in [6.45, 7) is 14.2. The van der Waals surface area contributed by atoms with Gasteiger partial charge < -0.3 is 10.2 Å². The Bertz CT molecular complexity index is 187. The van der Waals surface area contributed by atoms with Gasteiger partial charge in [0.1, 0.15) is 0 Å². The van der Waals surface area contributed by atoms with Crippen molar-refractivity contribution in [3.63, 3.8) is 0 Å². The van der Waals surface area contributed by atoms with Crippen LogP contribution in [-0.2, 0) is 0 Å². The number of rotatable bonds is 7. The Labute approximate surface area is 112 Å². The quantitative estimate of drug-likeness (QED) is 0.707. The zero-order valence-electron chi connectivity index (χ0n) is 12.0. The van der Waals surface area contributed by atoms with Crippen LogP contribution in [0.4, 0.5) is 0 Å². The Kier molecular flexibility index (Phi) is 7.56. The highest BCUT2D eigenvalue weighted by Crippen LogP contribution is 2.24. The predicted octanol–water partition coefficient (Wildman–Crippen LogP) is 2.98. The SMILES string of the molecule is CC(C)NCCCCCN1CC(C)SC(C)C1. The molecule has 3 heteroatoms. The van der Waals surface area contributed by atoms with Gasteiger partial charge in [-0.25, -0.2) is 0 Å². The summed E-state index contributed by atoms with van der Waals surface area (Å²) in [5, 5.41) is 5.12. The van der Waals surface area contributed by atoms with Crippen molar-refractivity contribution in [2.75, 3.05) is 26.2 Å². The monoisotopic (exact) mass is 258 g/mol. The fraction of sp³-hybridized carbons (Fsp3) is 1.00. The van der Waals surface area contributed by atoms with Crippen molar-refractivity contribution in [2.45, 2.75) is 63.5 Å². The molecule has 0 bridgehead atoms. The summed E-state index contributed by atoms with van der Waals surface area (Å²) in [5.74, 6) is 0. The second kappa shape index (κ2) is 8.39. The largest absolute Gasteiger partial charge is 0.315 e. The minimum absolute atomic E-state index is 0.635. The van der Waals surface area contributed by atoms with Crippen LogP contribution in [0.25, 0.3) is 0 Å². The zero-order valence-corrected chi connectivity index (χ0v) is 12.9. The molecular formula is C14H30N2S. The van der Waals surface area contributed by atoms with Crippen LogP contribution in [0.2, 0.25) is 0 Å². The third-order valence-electron chi connectivity index (χ3n) is 3.20. The van der Waals surface area contributed by atoms with Crippen LogP contribution in [0, 0.1) is 0 Å². The molecule has 102 valence electrons. The van der Waals surface area contributed by atoms with Gasteiger partial charge in [-0.15, -0.1) is 0 Å². The lowest BCUT2D eigenvalue weighted by molar-refractivity contribution is 0.264. The van der Waals surface area contributed by atoms with Crippen molar-refractivity contribution in [2.24, 2.45) is 0 Å². The molecule has 1 N–H and O–H groups in total. The molecule has 1 rings (SSSR count). The summed E-state index contributed by atoms with van der Waals surface area (Å²) in [5.41, 5.74) is 0. The molecule has 1 aliphatic heterocycles. The van der Waals surface area contributed by atoms with Crippen LogP contribution >= 0.6 is 11.8 Å². The Morgan fingerprint density at radius 1 is 1.12 bits per heavy atom. The zero-order chi connectivity index (χ0) is 12.7. The first-order valence-electron chi connectivity index (χ1n) is 7.19. The smallest absolute Gasteiger partial charge is 0.0149 e. The molecule has 0 spiro atoms. The van der Waals surface area contributed by atoms with E-state index in [1.165, 1.54) is 45.4 Å². The number of thioether (sulfide) groups is 1. The molecule has 0 radical (unpaired) electrons. The molecule has 17 heavy (non-hydrogen) atoms. The first kappa shape index (κ1) is 15.3. The minimum Gasteiger partial charge on any atom is -0.315 e. The van der Waals surface area contributed by atoms with E-state index >= 15 is 0 Å². The van der Waals surface area contributed by atoms with E-state index in [1.54, 1.807) is 0 Å². The first-order valence-corrected chi connectivity index (χ1v) is 8.13. The van der Waals surface area contributed by atoms with Gasteiger partial charge in [0, 0.05) is 29.6 Å². The maximum Gasteiger partial charge on any atom is 0.0149 e. The Balaban J connectivity index is 1.98. The molecule has 0 aromatic rings. The highest BCUT2D eigenvalue weighted by Gasteiger charge is 2.21. The summed E-state index contributed by atoms with van der Waals surface area (Å²) < 4.78 is 0. The van der Waals surface area contributed by atoms with Crippen LogP contribution in [0.1, 0.15) is 47.0 Å². The molecule has 0 aromatic heterocycles. The third kappa shape index (κ3) is 7.32. The molecule has 1 fully saturated rings. The molecule has 0 aliphatic carbocycles. The Morgan fingerprint density at radius 2 is 1.76 bits per heavy atom. The van der Waals surface area contributed by atoms with E-state index in [9.17, 15) is 0 Å². The second-order valence-corrected chi connectivity index (χ2v) is 7.57. The lowest BCUT2D eigenvalue weighted by Gasteiger charge is -2.34. The van der Waals surface area contributed by atoms with Crippen LogP contribution in [0.3, 0.4) is 0 Å². The Hall–Kier alpha value is 0.270. The van der Waals surface area contributed by atoms with E-state index in [-0.39, 0.29) is 0 Å². The molecule has 2 unspecified atom stereocenters. The van der Waals surface area contributed by atoms with Gasteiger partial charge in [-0.3, -0.25) is 0 Å². The first-order chi connectivity index (χ1) is 8.08. The van der Waals surface area contributed by atoms with Crippen LogP contribution in [0.15, 0.2) is 0 Å². The van der Waals surface area contributed by atoms with Crippen LogP contribution in [-0.4, -0.2) is 47.6 Å². The summed E-state index contributed by atoms with van der Waals surface area (Å²) in [6, 6.07) is 0.635. The summed E-state index contributed by atoms with van der Waals surface area (Å²) in [6.07, 6.45) is 4.06. The number of nitrogens with zero attached hydrogens (tertiary/aromatic N) is 1. The molecular weight excluding hydrogens is 228 g/mol. The standard InChI is InChI=1S/C14H30N2S/c1-12(2)15-8-6-5-7-9-16-10-13(3)17-14(4)11-16/h12-15H,5-11H2,1-4H3. The van der Waals surface area contributed by atoms with E-state index in [0.717, 1.165) is 10.5 Å². The topological polar surface area (TPSA) is 15.3 Å². The van der Waals surface area contributed by atoms with Crippen molar-refractivity contribution in [3.05, 3.63) is 0 Å². The maximum absolute atomic E-state index is 3.48. The molecule has 1 heterocycles. The van der Waals surface area contributed by atoms with E-state index in [1.807, 2.05) is 0 Å². The van der Waals surface area contributed by atoms with Crippen molar-refractivity contribution in [3.8, 4) is 0 Å². The number of unbranched alkanes of at least 4 members (excludes halogenated alkanes) is 2. The van der Waals surface area contributed by atoms with E-state index in [4.69, 9.17) is 0 Å². The summed E-state index contributed by atoms with van der Waals surface area (Å²) >= 11 is 2.14. The average Bonchev–Trinajstić information content (AvgIpc) is 2.21. The average molecular weight is 258 g/mol. The predicted molar refractivity (Wildman–Crippen MR) is 79.9 cm³/mol. The number of nitrogens with one attached hydrogen (secondary N) is 1. The van der Waals surface area contributed by atoms with Crippen LogP contribution in [0.5, 0.6) is 0 Å². The van der Waals surface area contributed by atoms with Crippen molar-refractivity contribution in [1.29, 1.82) is 0 Å². The maximum atomic E-state index is 3.48. The highest BCUT2D eigenvalue weighted by atomic mass is 32.2. The van der Waals surface area contributed by atoms with Crippen LogP contribution < -0.4 is 5.32 Å².